The van der Waals surface area contributed by atoms with Crippen LogP contribution in [0.3, 0.4) is 0 Å². The normalized spacial score (nSPS) is 17.2. The quantitative estimate of drug-likeness (QED) is 0.635. The molecule has 1 N–H and O–H groups in total. The Morgan fingerprint density at radius 3 is 2.32 bits per heavy atom. The van der Waals surface area contributed by atoms with Crippen LogP contribution >= 0.6 is 0 Å². The van der Waals surface area contributed by atoms with Crippen LogP contribution in [0.2, 0.25) is 0 Å². The van der Waals surface area contributed by atoms with Gasteiger partial charge in [-0.15, -0.1) is 0 Å². The van der Waals surface area contributed by atoms with Crippen molar-refractivity contribution in [2.75, 3.05) is 19.7 Å². The van der Waals surface area contributed by atoms with Crippen LogP contribution in [0.5, 0.6) is 0 Å². The van der Waals surface area contributed by atoms with E-state index in [0.717, 1.165) is 54.4 Å². The number of aromatic nitrogens is 2. The van der Waals surface area contributed by atoms with Crippen molar-refractivity contribution in [3.8, 4) is 0 Å². The summed E-state index contributed by atoms with van der Waals surface area (Å²) in [4.78, 5) is 11.7. The van der Waals surface area contributed by atoms with Crippen molar-refractivity contribution >= 4 is 11.0 Å². The zero-order valence-electron chi connectivity index (χ0n) is 17.5. The van der Waals surface area contributed by atoms with Gasteiger partial charge >= 0.3 is 6.18 Å². The molecule has 0 aliphatic carbocycles. The second kappa shape index (κ2) is 8.55. The number of fused-ring (bicyclic) bond motifs is 1. The first kappa shape index (κ1) is 21.7. The third-order valence-electron chi connectivity index (χ3n) is 6.30. The van der Waals surface area contributed by atoms with Crippen molar-refractivity contribution in [2.45, 2.75) is 38.9 Å². The maximum absolute atomic E-state index is 13.0. The average molecular weight is 429 g/mol. The molecule has 0 amide bonds. The van der Waals surface area contributed by atoms with E-state index < -0.39 is 17.2 Å². The zero-order chi connectivity index (χ0) is 22.1. The number of aryl methyl sites for hydroxylation is 1. The van der Waals surface area contributed by atoms with E-state index >= 15 is 0 Å². The van der Waals surface area contributed by atoms with Crippen molar-refractivity contribution in [3.63, 3.8) is 0 Å². The van der Waals surface area contributed by atoms with Gasteiger partial charge in [-0.1, -0.05) is 30.3 Å². The van der Waals surface area contributed by atoms with Gasteiger partial charge in [-0.3, -0.25) is 4.90 Å². The van der Waals surface area contributed by atoms with E-state index in [9.17, 15) is 18.3 Å². The smallest absolute Gasteiger partial charge is 0.396 e. The Hall–Kier alpha value is -2.51. The fourth-order valence-electron chi connectivity index (χ4n) is 4.35. The van der Waals surface area contributed by atoms with Gasteiger partial charge in [0.05, 0.1) is 28.0 Å². The predicted molar refractivity (Wildman–Crippen MR) is 113 cm³/mol. The lowest BCUT2D eigenvalue weighted by Gasteiger charge is -2.41. The van der Waals surface area contributed by atoms with Gasteiger partial charge in [0.25, 0.3) is 0 Å². The summed E-state index contributed by atoms with van der Waals surface area (Å²) < 4.78 is 39.1. The van der Waals surface area contributed by atoms with E-state index in [2.05, 4.69) is 9.88 Å². The molecule has 0 bridgehead atoms. The molecule has 4 nitrogen and oxygen atoms in total. The lowest BCUT2D eigenvalue weighted by atomic mass is 9.74. The number of benzene rings is 2. The largest absolute Gasteiger partial charge is 0.416 e. The minimum absolute atomic E-state index is 0.0358. The van der Waals surface area contributed by atoms with E-state index in [1.54, 1.807) is 6.07 Å². The van der Waals surface area contributed by atoms with Crippen molar-refractivity contribution in [1.29, 1.82) is 0 Å². The van der Waals surface area contributed by atoms with Crippen LogP contribution in [-0.4, -0.2) is 39.7 Å². The summed E-state index contributed by atoms with van der Waals surface area (Å²) in [5, 5.41) is 10.1. The third-order valence-corrected chi connectivity index (χ3v) is 6.30. The Labute approximate surface area is 179 Å². The number of halogens is 3. The van der Waals surface area contributed by atoms with Gasteiger partial charge in [0.15, 0.2) is 0 Å². The summed E-state index contributed by atoms with van der Waals surface area (Å²) in [6, 6.07) is 13.2. The minimum Gasteiger partial charge on any atom is -0.396 e. The molecule has 0 saturated carbocycles. The van der Waals surface area contributed by atoms with E-state index in [1.165, 1.54) is 12.1 Å². The number of hydrogen-bond acceptors (Lipinski definition) is 4. The number of hydrogen-bond donors (Lipinski definition) is 1. The van der Waals surface area contributed by atoms with Crippen molar-refractivity contribution in [1.82, 2.24) is 14.9 Å². The van der Waals surface area contributed by atoms with E-state index in [-0.39, 0.29) is 6.61 Å². The Balaban J connectivity index is 1.44. The Bertz CT molecular complexity index is 1060. The molecule has 31 heavy (non-hydrogen) atoms. The highest BCUT2D eigenvalue weighted by Gasteiger charge is 2.36. The first-order valence-corrected chi connectivity index (χ1v) is 10.5. The molecule has 4 rings (SSSR count). The zero-order valence-corrected chi connectivity index (χ0v) is 17.5. The van der Waals surface area contributed by atoms with Gasteiger partial charge < -0.3 is 5.11 Å². The summed E-state index contributed by atoms with van der Waals surface area (Å²) in [6.07, 6.45) is -2.47. The minimum atomic E-state index is -4.36. The molecule has 2 aromatic carbocycles. The van der Waals surface area contributed by atoms with Gasteiger partial charge in [0.2, 0.25) is 0 Å². The number of aliphatic hydroxyl groups is 1. The molecule has 1 fully saturated rings. The molecule has 2 heterocycles. The first-order valence-electron chi connectivity index (χ1n) is 10.5. The molecular formula is C24H26F3N3O. The molecule has 0 spiro atoms. The summed E-state index contributed by atoms with van der Waals surface area (Å²) in [5.41, 5.74) is 3.17. The Morgan fingerprint density at radius 1 is 1.00 bits per heavy atom. The molecule has 1 aromatic heterocycles. The monoisotopic (exact) mass is 429 g/mol. The van der Waals surface area contributed by atoms with Crippen LogP contribution in [0.1, 0.15) is 35.4 Å². The topological polar surface area (TPSA) is 49.2 Å². The van der Waals surface area contributed by atoms with Crippen molar-refractivity contribution in [3.05, 3.63) is 71.0 Å². The highest BCUT2D eigenvalue weighted by atomic mass is 19.4. The number of likely N-dealkylation sites (tertiary alicyclic amines) is 1. The van der Waals surface area contributed by atoms with Gasteiger partial charge in [-0.05, 0) is 68.5 Å². The van der Waals surface area contributed by atoms with Crippen molar-refractivity contribution < 1.29 is 18.3 Å². The Morgan fingerprint density at radius 2 is 1.68 bits per heavy atom. The predicted octanol–water partition coefficient (Wildman–Crippen LogP) is 4.77. The number of piperidine rings is 1. The van der Waals surface area contributed by atoms with Crippen LogP contribution < -0.4 is 0 Å². The van der Waals surface area contributed by atoms with Crippen LogP contribution in [0, 0.1) is 12.3 Å². The summed E-state index contributed by atoms with van der Waals surface area (Å²) in [6.45, 7) is 4.12. The SMILES string of the molecule is Cc1nc2ccccc2nc1CN1CCC(CO)(Cc2cccc(C(F)(F)F)c2)CC1. The van der Waals surface area contributed by atoms with Gasteiger partial charge in [0.1, 0.15) is 0 Å². The molecule has 1 saturated heterocycles. The van der Waals surface area contributed by atoms with Gasteiger partial charge in [-0.25, -0.2) is 9.97 Å². The molecule has 7 heteroatoms. The van der Waals surface area contributed by atoms with Crippen LogP contribution in [-0.2, 0) is 19.1 Å². The number of para-hydroxylation sites is 2. The number of aliphatic hydroxyl groups excluding tert-OH is 1. The molecule has 3 aromatic rings. The summed E-state index contributed by atoms with van der Waals surface area (Å²) in [7, 11) is 0. The fraction of sp³-hybridized carbons (Fsp3) is 0.417. The van der Waals surface area contributed by atoms with Crippen LogP contribution in [0.4, 0.5) is 13.2 Å². The molecule has 0 atom stereocenters. The standard InChI is InChI=1S/C24H26F3N3O/c1-17-22(29-21-8-3-2-7-20(21)28-17)15-30-11-9-23(16-31,10-12-30)14-18-5-4-6-19(13-18)24(25,26)27/h2-8,13,31H,9-12,14-16H2,1H3. The average Bonchev–Trinajstić information content (AvgIpc) is 2.75. The molecule has 164 valence electrons. The van der Waals surface area contributed by atoms with E-state index in [4.69, 9.17) is 4.98 Å². The second-order valence-corrected chi connectivity index (χ2v) is 8.55. The molecule has 1 aliphatic heterocycles. The molecule has 0 radical (unpaired) electrons. The van der Waals surface area contributed by atoms with Gasteiger partial charge in [0, 0.05) is 13.2 Å². The van der Waals surface area contributed by atoms with Crippen molar-refractivity contribution in [2.24, 2.45) is 5.41 Å². The highest BCUT2D eigenvalue weighted by Crippen LogP contribution is 2.37. The number of alkyl halides is 3. The lowest BCUT2D eigenvalue weighted by Crippen LogP contribution is -2.43. The molecular weight excluding hydrogens is 403 g/mol. The van der Waals surface area contributed by atoms with E-state index in [0.29, 0.717) is 18.5 Å². The van der Waals surface area contributed by atoms with E-state index in [1.807, 2.05) is 31.2 Å². The molecule has 1 aliphatic rings. The highest BCUT2D eigenvalue weighted by molar-refractivity contribution is 5.74. The Kier molecular flexibility index (Phi) is 5.99. The molecule has 0 unspecified atom stereocenters. The first-order chi connectivity index (χ1) is 14.8. The fourth-order valence-corrected chi connectivity index (χ4v) is 4.35. The number of nitrogens with zero attached hydrogens (tertiary/aromatic N) is 3. The third kappa shape index (κ3) is 4.88. The maximum atomic E-state index is 13.0. The summed E-state index contributed by atoms with van der Waals surface area (Å²) in [5.74, 6) is 0. The maximum Gasteiger partial charge on any atom is 0.416 e. The lowest BCUT2D eigenvalue weighted by molar-refractivity contribution is -0.137. The van der Waals surface area contributed by atoms with Crippen LogP contribution in [0.15, 0.2) is 48.5 Å². The second-order valence-electron chi connectivity index (χ2n) is 8.55. The summed E-state index contributed by atoms with van der Waals surface area (Å²) >= 11 is 0. The van der Waals surface area contributed by atoms with Gasteiger partial charge in [-0.2, -0.15) is 13.2 Å². The number of rotatable bonds is 5. The van der Waals surface area contributed by atoms with Crippen LogP contribution in [0.25, 0.3) is 11.0 Å².